The Kier molecular flexibility index (Phi) is 9.96. The van der Waals surface area contributed by atoms with Gasteiger partial charge in [-0.1, -0.05) is 53.5 Å². The summed E-state index contributed by atoms with van der Waals surface area (Å²) < 4.78 is 33.2. The molecule has 4 aromatic carbocycles. The number of amides is 2. The quantitative estimate of drug-likeness (QED) is 0.175. The maximum atomic E-state index is 13.3. The standard InChI is InChI=1S/C29H24Cl2N4O5S/c30-22-12-16-25(17-13-22)41(38,39)35(23-6-2-1-3-7-23)19-28(36)34-32-18-21-10-14-24(15-11-21)40-20-29(37)33-27-9-5-4-8-26(27)31/h1-18H,19-20H2,(H,33,37)(H,34,36)/b32-18-. The summed E-state index contributed by atoms with van der Waals surface area (Å²) in [6, 6.07) is 27.5. The van der Waals surface area contributed by atoms with Crippen LogP contribution in [0.3, 0.4) is 0 Å². The molecule has 0 saturated carbocycles. The molecular weight excluding hydrogens is 587 g/mol. The van der Waals surface area contributed by atoms with Gasteiger partial charge in [0.1, 0.15) is 12.3 Å². The predicted molar refractivity (Wildman–Crippen MR) is 160 cm³/mol. The van der Waals surface area contributed by atoms with E-state index in [0.717, 1.165) is 4.31 Å². The molecule has 0 aliphatic rings. The van der Waals surface area contributed by atoms with Crippen molar-refractivity contribution in [2.24, 2.45) is 5.10 Å². The molecule has 0 aliphatic carbocycles. The minimum absolute atomic E-state index is 0.00860. The molecule has 2 amide bonds. The van der Waals surface area contributed by atoms with Crippen molar-refractivity contribution >= 4 is 62.6 Å². The van der Waals surface area contributed by atoms with E-state index in [4.69, 9.17) is 27.9 Å². The fourth-order valence-corrected chi connectivity index (χ4v) is 5.27. The Hall–Kier alpha value is -4.38. The largest absolute Gasteiger partial charge is 0.484 e. The maximum absolute atomic E-state index is 13.3. The fraction of sp³-hybridized carbons (Fsp3) is 0.0690. The summed E-state index contributed by atoms with van der Waals surface area (Å²) in [6.45, 7) is -0.721. The van der Waals surface area contributed by atoms with Gasteiger partial charge < -0.3 is 10.1 Å². The van der Waals surface area contributed by atoms with Crippen LogP contribution >= 0.6 is 23.2 Å². The van der Waals surface area contributed by atoms with Gasteiger partial charge in [0.25, 0.3) is 21.8 Å². The highest BCUT2D eigenvalue weighted by Crippen LogP contribution is 2.24. The van der Waals surface area contributed by atoms with Crippen LogP contribution < -0.4 is 19.8 Å². The van der Waals surface area contributed by atoms with E-state index >= 15 is 0 Å². The van der Waals surface area contributed by atoms with Gasteiger partial charge in [-0.25, -0.2) is 13.8 Å². The molecule has 41 heavy (non-hydrogen) atoms. The number of nitrogens with zero attached hydrogens (tertiary/aromatic N) is 2. The average Bonchev–Trinajstić information content (AvgIpc) is 2.97. The molecule has 4 rings (SSSR count). The number of benzene rings is 4. The van der Waals surface area contributed by atoms with E-state index in [9.17, 15) is 18.0 Å². The Bertz CT molecular complexity index is 1630. The van der Waals surface area contributed by atoms with Crippen molar-refractivity contribution in [1.82, 2.24) is 5.43 Å². The SMILES string of the molecule is O=C(CN(c1ccccc1)S(=O)(=O)c1ccc(Cl)cc1)N/N=C\c1ccc(OCC(=O)Nc2ccccc2Cl)cc1. The summed E-state index contributed by atoms with van der Waals surface area (Å²) in [6.07, 6.45) is 1.40. The Morgan fingerprint density at radius 1 is 0.829 bits per heavy atom. The van der Waals surface area contributed by atoms with E-state index in [-0.39, 0.29) is 17.4 Å². The van der Waals surface area contributed by atoms with Gasteiger partial charge in [-0.2, -0.15) is 5.10 Å². The van der Waals surface area contributed by atoms with Gasteiger partial charge in [-0.15, -0.1) is 0 Å². The molecule has 0 fully saturated rings. The molecular formula is C29H24Cl2N4O5S. The van der Waals surface area contributed by atoms with Crippen molar-refractivity contribution in [3.05, 3.63) is 119 Å². The zero-order valence-corrected chi connectivity index (χ0v) is 23.7. The summed E-state index contributed by atoms with van der Waals surface area (Å²) in [4.78, 5) is 24.8. The van der Waals surface area contributed by atoms with Crippen molar-refractivity contribution < 1.29 is 22.7 Å². The number of anilines is 2. The number of hydrogen-bond donors (Lipinski definition) is 2. The second-order valence-electron chi connectivity index (χ2n) is 8.48. The first-order valence-electron chi connectivity index (χ1n) is 12.1. The Balaban J connectivity index is 1.33. The number of para-hydroxylation sites is 2. The van der Waals surface area contributed by atoms with Gasteiger partial charge in [-0.3, -0.25) is 13.9 Å². The predicted octanol–water partition coefficient (Wildman–Crippen LogP) is 5.36. The van der Waals surface area contributed by atoms with Crippen LogP contribution in [-0.2, 0) is 19.6 Å². The van der Waals surface area contributed by atoms with Gasteiger partial charge in [0.15, 0.2) is 6.61 Å². The summed E-state index contributed by atoms with van der Waals surface area (Å²) in [5.74, 6) is -0.562. The van der Waals surface area contributed by atoms with Crippen LogP contribution in [0.5, 0.6) is 5.75 Å². The smallest absolute Gasteiger partial charge is 0.264 e. The second kappa shape index (κ2) is 13.8. The number of ether oxygens (including phenoxy) is 1. The summed E-state index contributed by atoms with van der Waals surface area (Å²) in [5, 5.41) is 7.42. The molecule has 0 spiro atoms. The van der Waals surface area contributed by atoms with Gasteiger partial charge >= 0.3 is 0 Å². The second-order valence-corrected chi connectivity index (χ2v) is 11.2. The van der Waals surface area contributed by atoms with Crippen LogP contribution in [0.1, 0.15) is 5.56 Å². The first-order valence-corrected chi connectivity index (χ1v) is 14.3. The lowest BCUT2D eigenvalue weighted by Crippen LogP contribution is -2.39. The average molecular weight is 612 g/mol. The maximum Gasteiger partial charge on any atom is 0.264 e. The number of hydrazone groups is 1. The van der Waals surface area contributed by atoms with Crippen LogP contribution in [0.4, 0.5) is 11.4 Å². The zero-order chi connectivity index (χ0) is 29.2. The third-order valence-electron chi connectivity index (χ3n) is 5.53. The molecule has 0 heterocycles. The van der Waals surface area contributed by atoms with Gasteiger partial charge in [-0.05, 0) is 78.4 Å². The lowest BCUT2D eigenvalue weighted by molar-refractivity contribution is -0.119. The number of carbonyl (C=O) groups is 2. The zero-order valence-electron chi connectivity index (χ0n) is 21.4. The molecule has 9 nitrogen and oxygen atoms in total. The van der Waals surface area contributed by atoms with E-state index in [1.165, 1.54) is 30.5 Å². The molecule has 210 valence electrons. The van der Waals surface area contributed by atoms with Crippen molar-refractivity contribution in [3.63, 3.8) is 0 Å². The molecule has 12 heteroatoms. The molecule has 0 bridgehead atoms. The Morgan fingerprint density at radius 2 is 1.49 bits per heavy atom. The van der Waals surface area contributed by atoms with Crippen molar-refractivity contribution in [2.75, 3.05) is 22.8 Å². The number of sulfonamides is 1. The Labute approximate surface area is 247 Å². The van der Waals surface area contributed by atoms with E-state index in [1.54, 1.807) is 78.9 Å². The van der Waals surface area contributed by atoms with Crippen molar-refractivity contribution in [2.45, 2.75) is 4.90 Å². The molecule has 0 saturated heterocycles. The van der Waals surface area contributed by atoms with E-state index in [1.807, 2.05) is 0 Å². The lowest BCUT2D eigenvalue weighted by atomic mass is 10.2. The first kappa shape index (κ1) is 29.6. The molecule has 2 N–H and O–H groups in total. The number of carbonyl (C=O) groups excluding carboxylic acids is 2. The Morgan fingerprint density at radius 3 is 2.17 bits per heavy atom. The van der Waals surface area contributed by atoms with Crippen LogP contribution in [0.2, 0.25) is 10.0 Å². The van der Waals surface area contributed by atoms with Crippen LogP contribution in [-0.4, -0.2) is 39.6 Å². The van der Waals surface area contributed by atoms with Crippen LogP contribution in [0.25, 0.3) is 0 Å². The van der Waals surface area contributed by atoms with Gasteiger partial charge in [0.05, 0.1) is 27.5 Å². The fourth-order valence-electron chi connectivity index (χ4n) is 3.54. The highest BCUT2D eigenvalue weighted by Gasteiger charge is 2.27. The van der Waals surface area contributed by atoms with E-state index in [2.05, 4.69) is 15.8 Å². The van der Waals surface area contributed by atoms with E-state index < -0.39 is 22.5 Å². The highest BCUT2D eigenvalue weighted by molar-refractivity contribution is 7.92. The molecule has 0 radical (unpaired) electrons. The molecule has 0 atom stereocenters. The van der Waals surface area contributed by atoms with Crippen LogP contribution in [0.15, 0.2) is 113 Å². The third kappa shape index (κ3) is 8.31. The number of nitrogens with one attached hydrogen (secondary N) is 2. The lowest BCUT2D eigenvalue weighted by Gasteiger charge is -2.23. The minimum Gasteiger partial charge on any atom is -0.484 e. The monoisotopic (exact) mass is 610 g/mol. The molecule has 4 aromatic rings. The minimum atomic E-state index is -4.07. The van der Waals surface area contributed by atoms with E-state index in [0.29, 0.717) is 32.7 Å². The summed E-state index contributed by atoms with van der Waals surface area (Å²) >= 11 is 11.9. The van der Waals surface area contributed by atoms with Crippen molar-refractivity contribution in [3.8, 4) is 5.75 Å². The number of hydrogen-bond acceptors (Lipinski definition) is 6. The normalized spacial score (nSPS) is 11.2. The first-order chi connectivity index (χ1) is 19.7. The topological polar surface area (TPSA) is 117 Å². The van der Waals surface area contributed by atoms with Crippen LogP contribution in [0, 0.1) is 0 Å². The third-order valence-corrected chi connectivity index (χ3v) is 7.90. The molecule has 0 unspecified atom stereocenters. The summed E-state index contributed by atoms with van der Waals surface area (Å²) in [7, 11) is -4.07. The number of halogens is 2. The highest BCUT2D eigenvalue weighted by atomic mass is 35.5. The number of rotatable bonds is 11. The molecule has 0 aliphatic heterocycles. The van der Waals surface area contributed by atoms with Gasteiger partial charge in [0.2, 0.25) is 0 Å². The van der Waals surface area contributed by atoms with Crippen molar-refractivity contribution in [1.29, 1.82) is 0 Å². The van der Waals surface area contributed by atoms with Gasteiger partial charge in [0, 0.05) is 5.02 Å². The summed E-state index contributed by atoms with van der Waals surface area (Å²) in [5.41, 5.74) is 3.79. The molecule has 0 aromatic heterocycles.